The number of pyridine rings is 1. The maximum atomic E-state index is 13.7. The lowest BCUT2D eigenvalue weighted by atomic mass is 10.2. The van der Waals surface area contributed by atoms with Crippen molar-refractivity contribution in [2.75, 3.05) is 11.1 Å². The van der Waals surface area contributed by atoms with Gasteiger partial charge in [-0.2, -0.15) is 0 Å². The van der Waals surface area contributed by atoms with Crippen LogP contribution in [0, 0.1) is 15.9 Å². The molecule has 132 valence electrons. The first-order valence-electron chi connectivity index (χ1n) is 7.22. The van der Waals surface area contributed by atoms with E-state index in [1.165, 1.54) is 0 Å². The molecule has 0 radical (unpaired) electrons. The van der Waals surface area contributed by atoms with E-state index in [4.69, 9.17) is 0 Å². The van der Waals surface area contributed by atoms with Crippen LogP contribution in [0.15, 0.2) is 47.9 Å². The van der Waals surface area contributed by atoms with Gasteiger partial charge in [0.05, 0.1) is 16.4 Å². The van der Waals surface area contributed by atoms with Crippen LogP contribution in [0.5, 0.6) is 0 Å². The smallest absolute Gasteiger partial charge is 0.271 e. The first-order valence-corrected chi connectivity index (χ1v) is 8.21. The molecule has 0 aliphatic heterocycles. The molecule has 0 atom stereocenters. The Labute approximate surface area is 150 Å². The molecular weight excluding hydrogens is 363 g/mol. The van der Waals surface area contributed by atoms with Gasteiger partial charge in [0.25, 0.3) is 5.69 Å². The van der Waals surface area contributed by atoms with Crippen molar-refractivity contribution in [2.45, 2.75) is 5.16 Å². The monoisotopic (exact) mass is 374 g/mol. The van der Waals surface area contributed by atoms with Crippen molar-refractivity contribution in [3.63, 3.8) is 0 Å². The number of thioether (sulfide) groups is 1. The second-order valence-corrected chi connectivity index (χ2v) is 5.90. The van der Waals surface area contributed by atoms with Crippen LogP contribution in [-0.2, 0) is 4.79 Å². The lowest BCUT2D eigenvalue weighted by Gasteiger charge is -2.05. The highest BCUT2D eigenvalue weighted by Gasteiger charge is 2.14. The van der Waals surface area contributed by atoms with E-state index < -0.39 is 16.6 Å². The van der Waals surface area contributed by atoms with Crippen molar-refractivity contribution in [3.05, 3.63) is 58.7 Å². The van der Waals surface area contributed by atoms with Crippen LogP contribution in [0.2, 0.25) is 0 Å². The van der Waals surface area contributed by atoms with E-state index in [0.29, 0.717) is 11.0 Å². The van der Waals surface area contributed by atoms with Crippen molar-refractivity contribution in [1.82, 2.24) is 20.2 Å². The van der Waals surface area contributed by atoms with Gasteiger partial charge in [0.15, 0.2) is 5.82 Å². The molecule has 1 amide bonds. The zero-order valence-corrected chi connectivity index (χ0v) is 13.9. The molecule has 0 saturated carbocycles. The number of halogens is 1. The van der Waals surface area contributed by atoms with Gasteiger partial charge in [-0.15, -0.1) is 5.10 Å². The number of amides is 1. The molecule has 26 heavy (non-hydrogen) atoms. The molecule has 0 bridgehead atoms. The lowest BCUT2D eigenvalue weighted by molar-refractivity contribution is -0.384. The van der Waals surface area contributed by atoms with E-state index in [1.807, 2.05) is 0 Å². The molecule has 0 spiro atoms. The van der Waals surface area contributed by atoms with Gasteiger partial charge in [0.1, 0.15) is 5.82 Å². The summed E-state index contributed by atoms with van der Waals surface area (Å²) in [5.74, 6) is -0.855. The van der Waals surface area contributed by atoms with Gasteiger partial charge in [-0.05, 0) is 18.2 Å². The Kier molecular flexibility index (Phi) is 5.17. The Morgan fingerprint density at radius 1 is 1.31 bits per heavy atom. The number of anilines is 1. The fraction of sp³-hybridized carbons (Fsp3) is 0.0667. The van der Waals surface area contributed by atoms with Gasteiger partial charge in [0.2, 0.25) is 11.1 Å². The number of aromatic nitrogens is 4. The van der Waals surface area contributed by atoms with Crippen molar-refractivity contribution in [1.29, 1.82) is 0 Å². The predicted octanol–water partition coefficient (Wildman–Crippen LogP) is 2.64. The highest BCUT2D eigenvalue weighted by molar-refractivity contribution is 7.99. The standard InChI is InChI=1S/C15H11FN6O3S/c16-11-2-1-10(22(24)25)7-12(11)18-13(23)8-26-15-19-14(20-21-15)9-3-5-17-6-4-9/h1-7H,8H2,(H,18,23)(H,19,20,21). The number of nitrogens with zero attached hydrogens (tertiary/aromatic N) is 4. The number of carbonyl (C=O) groups is 1. The summed E-state index contributed by atoms with van der Waals surface area (Å²) >= 11 is 1.04. The molecule has 3 rings (SSSR count). The summed E-state index contributed by atoms with van der Waals surface area (Å²) in [6, 6.07) is 6.43. The van der Waals surface area contributed by atoms with Gasteiger partial charge >= 0.3 is 0 Å². The quantitative estimate of drug-likeness (QED) is 0.386. The third kappa shape index (κ3) is 4.19. The minimum Gasteiger partial charge on any atom is -0.323 e. The SMILES string of the molecule is O=C(CSc1n[nH]c(-c2ccncc2)n1)Nc1cc([N+](=O)[O-])ccc1F. The molecule has 0 aliphatic rings. The topological polar surface area (TPSA) is 127 Å². The molecule has 3 aromatic rings. The van der Waals surface area contributed by atoms with Crippen LogP contribution in [-0.4, -0.2) is 36.7 Å². The maximum Gasteiger partial charge on any atom is 0.271 e. The van der Waals surface area contributed by atoms with E-state index in [1.54, 1.807) is 24.5 Å². The van der Waals surface area contributed by atoms with E-state index in [-0.39, 0.29) is 17.1 Å². The Morgan fingerprint density at radius 2 is 2.08 bits per heavy atom. The Bertz CT molecular complexity index is 950. The lowest BCUT2D eigenvalue weighted by Crippen LogP contribution is -2.15. The highest BCUT2D eigenvalue weighted by atomic mass is 32.2. The van der Waals surface area contributed by atoms with Gasteiger partial charge in [-0.3, -0.25) is 25.0 Å². The molecule has 2 aromatic heterocycles. The van der Waals surface area contributed by atoms with Crippen molar-refractivity contribution in [3.8, 4) is 11.4 Å². The molecule has 0 saturated heterocycles. The molecule has 11 heteroatoms. The fourth-order valence-corrected chi connectivity index (χ4v) is 2.59. The minimum absolute atomic E-state index is 0.0875. The third-order valence-electron chi connectivity index (χ3n) is 3.19. The summed E-state index contributed by atoms with van der Waals surface area (Å²) in [6.45, 7) is 0. The molecule has 9 nitrogen and oxygen atoms in total. The third-order valence-corrected chi connectivity index (χ3v) is 4.03. The summed E-state index contributed by atoms with van der Waals surface area (Å²) in [5, 5.41) is 20.1. The Morgan fingerprint density at radius 3 is 2.81 bits per heavy atom. The molecule has 0 fully saturated rings. The van der Waals surface area contributed by atoms with Crippen molar-refractivity contribution < 1.29 is 14.1 Å². The highest BCUT2D eigenvalue weighted by Crippen LogP contribution is 2.22. The average molecular weight is 374 g/mol. The van der Waals surface area contributed by atoms with Crippen LogP contribution < -0.4 is 5.32 Å². The second-order valence-electron chi connectivity index (χ2n) is 4.96. The van der Waals surface area contributed by atoms with E-state index >= 15 is 0 Å². The number of hydrogen-bond donors (Lipinski definition) is 2. The molecule has 0 unspecified atom stereocenters. The second kappa shape index (κ2) is 7.70. The number of nitro groups is 1. The molecular formula is C15H11FN6O3S. The largest absolute Gasteiger partial charge is 0.323 e. The van der Waals surface area contributed by atoms with E-state index in [9.17, 15) is 19.3 Å². The number of aromatic amines is 1. The van der Waals surface area contributed by atoms with Gasteiger partial charge in [0, 0.05) is 30.1 Å². The maximum absolute atomic E-state index is 13.7. The van der Waals surface area contributed by atoms with Gasteiger partial charge in [-0.25, -0.2) is 9.37 Å². The summed E-state index contributed by atoms with van der Waals surface area (Å²) in [6.07, 6.45) is 3.23. The number of carbonyl (C=O) groups excluding carboxylic acids is 1. The fourth-order valence-electron chi connectivity index (χ4n) is 1.99. The number of benzene rings is 1. The van der Waals surface area contributed by atoms with Crippen LogP contribution in [0.3, 0.4) is 0 Å². The number of nitro benzene ring substituents is 1. The average Bonchev–Trinajstić information content (AvgIpc) is 3.11. The molecule has 0 aliphatic carbocycles. The van der Waals surface area contributed by atoms with Crippen molar-refractivity contribution >= 4 is 29.0 Å². The Hall–Kier alpha value is -3.34. The summed E-state index contributed by atoms with van der Waals surface area (Å²) in [7, 11) is 0. The number of non-ortho nitro benzene ring substituents is 1. The number of H-pyrrole nitrogens is 1. The van der Waals surface area contributed by atoms with E-state index in [0.717, 1.165) is 35.5 Å². The van der Waals surface area contributed by atoms with Gasteiger partial charge in [-0.1, -0.05) is 11.8 Å². The predicted molar refractivity (Wildman–Crippen MR) is 92.0 cm³/mol. The van der Waals surface area contributed by atoms with Gasteiger partial charge < -0.3 is 5.32 Å². The number of rotatable bonds is 6. The molecule has 2 N–H and O–H groups in total. The van der Waals surface area contributed by atoms with Crippen molar-refractivity contribution in [2.24, 2.45) is 0 Å². The van der Waals surface area contributed by atoms with Crippen LogP contribution >= 0.6 is 11.8 Å². The normalized spacial score (nSPS) is 10.5. The van der Waals surface area contributed by atoms with Crippen LogP contribution in [0.1, 0.15) is 0 Å². The Balaban J connectivity index is 1.61. The minimum atomic E-state index is -0.758. The van der Waals surface area contributed by atoms with Crippen LogP contribution in [0.4, 0.5) is 15.8 Å². The first-order chi connectivity index (χ1) is 12.5. The summed E-state index contributed by atoms with van der Waals surface area (Å²) in [5.41, 5.74) is 0.227. The number of hydrogen-bond acceptors (Lipinski definition) is 7. The first kappa shape index (κ1) is 17.5. The zero-order chi connectivity index (χ0) is 18.5. The zero-order valence-electron chi connectivity index (χ0n) is 13.0. The summed E-state index contributed by atoms with van der Waals surface area (Å²) < 4.78 is 13.7. The van der Waals surface area contributed by atoms with E-state index in [2.05, 4.69) is 25.5 Å². The summed E-state index contributed by atoms with van der Waals surface area (Å²) in [4.78, 5) is 30.2. The molecule has 2 heterocycles. The number of nitrogens with one attached hydrogen (secondary N) is 2. The molecule has 1 aromatic carbocycles. The van der Waals surface area contributed by atoms with Crippen LogP contribution in [0.25, 0.3) is 11.4 Å².